The molecule has 0 saturated heterocycles. The third-order valence-corrected chi connectivity index (χ3v) is 3.13. The molecule has 0 aliphatic heterocycles. The molecule has 20 heavy (non-hydrogen) atoms. The molecule has 2 heterocycles. The van der Waals surface area contributed by atoms with Gasteiger partial charge in [-0.1, -0.05) is 6.07 Å². The average molecular weight is 290 g/mol. The Morgan fingerprint density at radius 1 is 1.55 bits per heavy atom. The van der Waals surface area contributed by atoms with Gasteiger partial charge in [-0.3, -0.25) is 10.4 Å². The topological polar surface area (TPSA) is 76.5 Å². The van der Waals surface area contributed by atoms with E-state index < -0.39 is 5.97 Å². The molecule has 0 spiro atoms. The van der Waals surface area contributed by atoms with Gasteiger partial charge in [0.25, 0.3) is 0 Å². The van der Waals surface area contributed by atoms with Crippen LogP contribution in [0.25, 0.3) is 0 Å². The zero-order chi connectivity index (χ0) is 14.4. The molecular formula is C13H14N4O2S. The Hall–Kier alpha value is -2.28. The van der Waals surface area contributed by atoms with Crippen LogP contribution in [0.2, 0.25) is 0 Å². The highest BCUT2D eigenvalue weighted by molar-refractivity contribution is 7.13. The van der Waals surface area contributed by atoms with E-state index in [4.69, 9.17) is 4.74 Å². The van der Waals surface area contributed by atoms with Crippen LogP contribution < -0.4 is 5.43 Å². The first kappa shape index (κ1) is 14.1. The Balaban J connectivity index is 2.02. The van der Waals surface area contributed by atoms with Crippen molar-refractivity contribution in [3.63, 3.8) is 0 Å². The number of hydrazone groups is 1. The molecule has 2 aromatic rings. The van der Waals surface area contributed by atoms with Gasteiger partial charge in [0, 0.05) is 23.3 Å². The van der Waals surface area contributed by atoms with E-state index in [9.17, 15) is 4.79 Å². The predicted molar refractivity (Wildman–Crippen MR) is 78.1 cm³/mol. The van der Waals surface area contributed by atoms with E-state index in [1.165, 1.54) is 11.3 Å². The Morgan fingerprint density at radius 3 is 3.10 bits per heavy atom. The van der Waals surface area contributed by atoms with E-state index in [-0.39, 0.29) is 5.69 Å². The van der Waals surface area contributed by atoms with Crippen molar-refractivity contribution in [2.45, 2.75) is 13.8 Å². The van der Waals surface area contributed by atoms with Crippen molar-refractivity contribution in [3.05, 3.63) is 41.2 Å². The summed E-state index contributed by atoms with van der Waals surface area (Å²) in [5, 5.41) is 6.38. The van der Waals surface area contributed by atoms with E-state index in [2.05, 4.69) is 20.5 Å². The molecule has 0 saturated carbocycles. The maximum atomic E-state index is 11.5. The molecule has 0 aliphatic carbocycles. The number of thiazole rings is 1. The molecule has 1 N–H and O–H groups in total. The molecule has 104 valence electrons. The first-order valence-corrected chi connectivity index (χ1v) is 6.92. The van der Waals surface area contributed by atoms with Crippen LogP contribution in [-0.2, 0) is 4.74 Å². The van der Waals surface area contributed by atoms with Crippen molar-refractivity contribution in [1.29, 1.82) is 0 Å². The summed E-state index contributed by atoms with van der Waals surface area (Å²) < 4.78 is 4.87. The normalized spacial score (nSPS) is 11.2. The molecule has 6 nitrogen and oxygen atoms in total. The van der Waals surface area contributed by atoms with Crippen molar-refractivity contribution in [1.82, 2.24) is 9.97 Å². The largest absolute Gasteiger partial charge is 0.461 e. The van der Waals surface area contributed by atoms with Crippen molar-refractivity contribution in [3.8, 4) is 0 Å². The Kier molecular flexibility index (Phi) is 4.78. The number of anilines is 1. The number of nitrogens with one attached hydrogen (secondary N) is 1. The van der Waals surface area contributed by atoms with Crippen LogP contribution in [-0.4, -0.2) is 28.3 Å². The van der Waals surface area contributed by atoms with E-state index >= 15 is 0 Å². The summed E-state index contributed by atoms with van der Waals surface area (Å²) in [5.74, 6) is -0.426. The number of carbonyl (C=O) groups is 1. The number of rotatable bonds is 5. The summed E-state index contributed by atoms with van der Waals surface area (Å²) in [7, 11) is 0. The van der Waals surface area contributed by atoms with Crippen molar-refractivity contribution < 1.29 is 9.53 Å². The third kappa shape index (κ3) is 3.61. The van der Waals surface area contributed by atoms with E-state index in [1.54, 1.807) is 24.7 Å². The molecule has 2 rings (SSSR count). The molecule has 7 heteroatoms. The summed E-state index contributed by atoms with van der Waals surface area (Å²) in [4.78, 5) is 19.6. The Labute approximate surface area is 120 Å². The number of aromatic nitrogens is 2. The lowest BCUT2D eigenvalue weighted by molar-refractivity contribution is 0.0520. The zero-order valence-corrected chi connectivity index (χ0v) is 12.0. The molecule has 0 bridgehead atoms. The monoisotopic (exact) mass is 290 g/mol. The fraction of sp³-hybridized carbons (Fsp3) is 0.231. The first-order valence-electron chi connectivity index (χ1n) is 6.04. The average Bonchev–Trinajstić information content (AvgIpc) is 2.95. The standard InChI is InChI=1S/C13H14N4O2S/c1-3-19-12(18)11-8-20-13(15-11)17-16-9(2)10-5-4-6-14-7-10/h4-8H,3H2,1-2H3,(H,15,17)/b16-9-. The minimum absolute atomic E-state index is 0.286. The van der Waals surface area contributed by atoms with Gasteiger partial charge in [0.2, 0.25) is 5.13 Å². The van der Waals surface area contributed by atoms with Gasteiger partial charge in [0.15, 0.2) is 5.69 Å². The Morgan fingerprint density at radius 2 is 2.40 bits per heavy atom. The van der Waals surface area contributed by atoms with Gasteiger partial charge in [-0.15, -0.1) is 11.3 Å². The number of nitrogens with zero attached hydrogens (tertiary/aromatic N) is 3. The van der Waals surface area contributed by atoms with Crippen LogP contribution in [0.3, 0.4) is 0 Å². The highest BCUT2D eigenvalue weighted by atomic mass is 32.1. The van der Waals surface area contributed by atoms with Gasteiger partial charge < -0.3 is 4.74 Å². The van der Waals surface area contributed by atoms with Gasteiger partial charge in [-0.25, -0.2) is 9.78 Å². The molecule has 0 unspecified atom stereocenters. The molecule has 0 aromatic carbocycles. The highest BCUT2D eigenvalue weighted by Gasteiger charge is 2.11. The summed E-state index contributed by atoms with van der Waals surface area (Å²) >= 11 is 1.30. The van der Waals surface area contributed by atoms with Crippen LogP contribution in [0.4, 0.5) is 5.13 Å². The number of pyridine rings is 1. The summed E-state index contributed by atoms with van der Waals surface area (Å²) in [6, 6.07) is 3.76. The lowest BCUT2D eigenvalue weighted by Crippen LogP contribution is -2.05. The lowest BCUT2D eigenvalue weighted by Gasteiger charge is -2.00. The quantitative estimate of drug-likeness (QED) is 0.520. The number of hydrogen-bond donors (Lipinski definition) is 1. The molecular weight excluding hydrogens is 276 g/mol. The first-order chi connectivity index (χ1) is 9.70. The van der Waals surface area contributed by atoms with Crippen LogP contribution in [0.5, 0.6) is 0 Å². The van der Waals surface area contributed by atoms with Gasteiger partial charge in [0.05, 0.1) is 12.3 Å². The number of esters is 1. The van der Waals surface area contributed by atoms with Crippen molar-refractivity contribution in [2.75, 3.05) is 12.0 Å². The molecule has 2 aromatic heterocycles. The third-order valence-electron chi connectivity index (χ3n) is 2.39. The second-order valence-electron chi connectivity index (χ2n) is 3.81. The number of hydrogen-bond acceptors (Lipinski definition) is 7. The molecule has 0 atom stereocenters. The van der Waals surface area contributed by atoms with Crippen LogP contribution in [0, 0.1) is 0 Å². The molecule has 0 aliphatic rings. The highest BCUT2D eigenvalue weighted by Crippen LogP contribution is 2.16. The zero-order valence-electron chi connectivity index (χ0n) is 11.2. The fourth-order valence-electron chi connectivity index (χ4n) is 1.40. The fourth-order valence-corrected chi connectivity index (χ4v) is 2.02. The van der Waals surface area contributed by atoms with Crippen molar-refractivity contribution in [2.24, 2.45) is 5.10 Å². The second kappa shape index (κ2) is 6.76. The molecule has 0 amide bonds. The van der Waals surface area contributed by atoms with Crippen molar-refractivity contribution >= 4 is 28.1 Å². The van der Waals surface area contributed by atoms with Crippen LogP contribution >= 0.6 is 11.3 Å². The number of carbonyl (C=O) groups excluding carboxylic acids is 1. The van der Waals surface area contributed by atoms with E-state index in [0.717, 1.165) is 11.3 Å². The minimum atomic E-state index is -0.426. The molecule has 0 fully saturated rings. The van der Waals surface area contributed by atoms with Crippen LogP contribution in [0.1, 0.15) is 29.9 Å². The maximum absolute atomic E-state index is 11.5. The molecule has 0 radical (unpaired) electrons. The van der Waals surface area contributed by atoms with Gasteiger partial charge in [0.1, 0.15) is 0 Å². The van der Waals surface area contributed by atoms with Crippen LogP contribution in [0.15, 0.2) is 35.0 Å². The minimum Gasteiger partial charge on any atom is -0.461 e. The lowest BCUT2D eigenvalue weighted by atomic mass is 10.2. The second-order valence-corrected chi connectivity index (χ2v) is 4.67. The summed E-state index contributed by atoms with van der Waals surface area (Å²) in [6.45, 7) is 3.95. The van der Waals surface area contributed by atoms with Gasteiger partial charge in [-0.2, -0.15) is 5.10 Å². The predicted octanol–water partition coefficient (Wildman–Crippen LogP) is 2.55. The summed E-state index contributed by atoms with van der Waals surface area (Å²) in [5.41, 5.74) is 4.81. The smallest absolute Gasteiger partial charge is 0.357 e. The summed E-state index contributed by atoms with van der Waals surface area (Å²) in [6.07, 6.45) is 3.43. The number of ether oxygens (including phenoxy) is 1. The van der Waals surface area contributed by atoms with E-state index in [1.807, 2.05) is 19.1 Å². The van der Waals surface area contributed by atoms with E-state index in [0.29, 0.717) is 11.7 Å². The van der Waals surface area contributed by atoms with Gasteiger partial charge in [-0.05, 0) is 19.9 Å². The Bertz CT molecular complexity index is 610. The van der Waals surface area contributed by atoms with Gasteiger partial charge >= 0.3 is 5.97 Å². The SMILES string of the molecule is CCOC(=O)c1csc(N/N=C(/C)c2cccnc2)n1. The maximum Gasteiger partial charge on any atom is 0.357 e.